The molecule has 1 amide bonds. The normalized spacial score (nSPS) is 12.4. The number of aromatic nitrogens is 2. The molecule has 114 valence electrons. The first kappa shape index (κ1) is 14.1. The molecule has 0 aliphatic rings. The summed E-state index contributed by atoms with van der Waals surface area (Å²) in [6.45, 7) is 2.21. The molecule has 3 rings (SSSR count). The van der Waals surface area contributed by atoms with Crippen LogP contribution in [0, 0.1) is 0 Å². The highest BCUT2D eigenvalue weighted by molar-refractivity contribution is 5.91. The number of nitrogens with zero attached hydrogens (tertiary/aromatic N) is 2. The van der Waals surface area contributed by atoms with E-state index in [0.717, 1.165) is 0 Å². The molecule has 0 spiro atoms. The van der Waals surface area contributed by atoms with Crippen LogP contribution in [0.2, 0.25) is 0 Å². The molecule has 0 bridgehead atoms. The van der Waals surface area contributed by atoms with Crippen molar-refractivity contribution in [1.29, 1.82) is 0 Å². The van der Waals surface area contributed by atoms with E-state index in [2.05, 4.69) is 10.3 Å². The van der Waals surface area contributed by atoms with E-state index >= 15 is 0 Å². The second kappa shape index (κ2) is 5.88. The van der Waals surface area contributed by atoms with Gasteiger partial charge in [0.1, 0.15) is 0 Å². The van der Waals surface area contributed by atoms with Crippen LogP contribution in [0.5, 0.6) is 0 Å². The van der Waals surface area contributed by atoms with E-state index in [4.69, 9.17) is 8.83 Å². The molecule has 0 fully saturated rings. The number of pyridine rings is 1. The predicted octanol–water partition coefficient (Wildman–Crippen LogP) is 1.79. The monoisotopic (exact) mass is 301 g/mol. The van der Waals surface area contributed by atoms with Crippen LogP contribution in [0.15, 0.2) is 50.4 Å². The molecule has 0 saturated heterocycles. The van der Waals surface area contributed by atoms with Gasteiger partial charge in [0.15, 0.2) is 17.0 Å². The Hall–Kier alpha value is -2.83. The Labute approximate surface area is 125 Å². The highest BCUT2D eigenvalue weighted by Crippen LogP contribution is 2.10. The fraction of sp³-hybridized carbons (Fsp3) is 0.267. The number of furan rings is 1. The van der Waals surface area contributed by atoms with Crippen molar-refractivity contribution < 1.29 is 13.6 Å². The van der Waals surface area contributed by atoms with E-state index in [1.54, 1.807) is 30.5 Å². The van der Waals surface area contributed by atoms with Gasteiger partial charge in [0.25, 0.3) is 5.91 Å². The summed E-state index contributed by atoms with van der Waals surface area (Å²) in [5.74, 6) is -0.564. The number of nitrogens with one attached hydrogen (secondary N) is 1. The number of rotatable bonds is 5. The van der Waals surface area contributed by atoms with E-state index in [9.17, 15) is 9.59 Å². The lowest BCUT2D eigenvalue weighted by molar-refractivity contribution is 0.0903. The van der Waals surface area contributed by atoms with Gasteiger partial charge in [0.05, 0.1) is 12.8 Å². The van der Waals surface area contributed by atoms with Gasteiger partial charge in [-0.25, -0.2) is 9.78 Å². The van der Waals surface area contributed by atoms with Crippen LogP contribution >= 0.6 is 0 Å². The van der Waals surface area contributed by atoms with Gasteiger partial charge in [-0.1, -0.05) is 6.92 Å². The van der Waals surface area contributed by atoms with Crippen LogP contribution in [-0.4, -0.2) is 21.5 Å². The molecular weight excluding hydrogens is 286 g/mol. The number of amides is 1. The Morgan fingerprint density at radius 3 is 3.00 bits per heavy atom. The Morgan fingerprint density at radius 2 is 2.27 bits per heavy atom. The summed E-state index contributed by atoms with van der Waals surface area (Å²) in [7, 11) is 0. The van der Waals surface area contributed by atoms with E-state index in [-0.39, 0.29) is 24.3 Å². The summed E-state index contributed by atoms with van der Waals surface area (Å²) in [5.41, 5.74) is 0.901. The molecule has 0 aromatic carbocycles. The lowest BCUT2D eigenvalue weighted by Crippen LogP contribution is -2.39. The topological polar surface area (TPSA) is 90.3 Å². The van der Waals surface area contributed by atoms with Gasteiger partial charge in [0, 0.05) is 12.2 Å². The third kappa shape index (κ3) is 2.65. The smallest absolute Gasteiger partial charge is 0.421 e. The standard InChI is InChI=1S/C15H15N3O4/c1-2-10(17-14(19)12-6-4-8-21-12)9-18-13-11(22-15(18)20)5-3-7-16-13/h3-8,10H,2,9H2,1H3,(H,17,19)/t10-/m0/s1. The molecule has 3 aromatic heterocycles. The number of fused-ring (bicyclic) bond motifs is 1. The summed E-state index contributed by atoms with van der Waals surface area (Å²) in [4.78, 5) is 28.1. The number of hydrogen-bond donors (Lipinski definition) is 1. The third-order valence-corrected chi connectivity index (χ3v) is 3.40. The summed E-state index contributed by atoms with van der Waals surface area (Å²) in [5, 5.41) is 2.84. The average Bonchev–Trinajstić information content (AvgIpc) is 3.15. The Kier molecular flexibility index (Phi) is 3.78. The SMILES string of the molecule is CC[C@@H](Cn1c(=O)oc2cccnc21)NC(=O)c1ccco1. The minimum Gasteiger partial charge on any atom is -0.459 e. The van der Waals surface area contributed by atoms with Crippen molar-refractivity contribution in [3.63, 3.8) is 0 Å². The van der Waals surface area contributed by atoms with Crippen molar-refractivity contribution in [3.05, 3.63) is 53.0 Å². The van der Waals surface area contributed by atoms with E-state index in [0.29, 0.717) is 17.7 Å². The van der Waals surface area contributed by atoms with Gasteiger partial charge in [-0.15, -0.1) is 0 Å². The zero-order valence-electron chi connectivity index (χ0n) is 12.0. The quantitative estimate of drug-likeness (QED) is 0.776. The number of carbonyl (C=O) groups is 1. The highest BCUT2D eigenvalue weighted by atomic mass is 16.4. The maximum atomic E-state index is 12.0. The first-order valence-electron chi connectivity index (χ1n) is 6.97. The van der Waals surface area contributed by atoms with Gasteiger partial charge >= 0.3 is 5.76 Å². The second-order valence-electron chi connectivity index (χ2n) is 4.86. The van der Waals surface area contributed by atoms with Gasteiger partial charge in [-0.2, -0.15) is 0 Å². The first-order chi connectivity index (χ1) is 10.7. The van der Waals surface area contributed by atoms with Crippen LogP contribution in [0.3, 0.4) is 0 Å². The number of oxazole rings is 1. The molecule has 0 aliphatic heterocycles. The van der Waals surface area contributed by atoms with Crippen LogP contribution < -0.4 is 11.1 Å². The van der Waals surface area contributed by atoms with Gasteiger partial charge in [-0.05, 0) is 30.7 Å². The summed E-state index contributed by atoms with van der Waals surface area (Å²) in [6, 6.07) is 6.38. The Morgan fingerprint density at radius 1 is 1.41 bits per heavy atom. The largest absolute Gasteiger partial charge is 0.459 e. The van der Waals surface area contributed by atoms with Gasteiger partial charge in [-0.3, -0.25) is 9.36 Å². The molecule has 0 radical (unpaired) electrons. The molecule has 1 atom stereocenters. The van der Waals surface area contributed by atoms with E-state index in [1.165, 1.54) is 10.8 Å². The van der Waals surface area contributed by atoms with Crippen LogP contribution in [0.1, 0.15) is 23.9 Å². The minimum atomic E-state index is -0.487. The maximum absolute atomic E-state index is 12.0. The molecule has 1 N–H and O–H groups in total. The number of hydrogen-bond acceptors (Lipinski definition) is 5. The Balaban J connectivity index is 1.81. The zero-order chi connectivity index (χ0) is 15.5. The minimum absolute atomic E-state index is 0.237. The van der Waals surface area contributed by atoms with E-state index in [1.807, 2.05) is 6.92 Å². The van der Waals surface area contributed by atoms with Crippen molar-refractivity contribution >= 4 is 17.1 Å². The van der Waals surface area contributed by atoms with Crippen molar-refractivity contribution in [3.8, 4) is 0 Å². The zero-order valence-corrected chi connectivity index (χ0v) is 12.0. The molecule has 3 aromatic rings. The molecule has 0 saturated carbocycles. The molecular formula is C15H15N3O4. The summed E-state index contributed by atoms with van der Waals surface area (Å²) >= 11 is 0. The predicted molar refractivity (Wildman–Crippen MR) is 78.5 cm³/mol. The summed E-state index contributed by atoms with van der Waals surface area (Å²) < 4.78 is 11.6. The van der Waals surface area contributed by atoms with Gasteiger partial charge in [0.2, 0.25) is 0 Å². The Bertz CT molecular complexity index is 832. The first-order valence-corrected chi connectivity index (χ1v) is 6.97. The third-order valence-electron chi connectivity index (χ3n) is 3.40. The van der Waals surface area contributed by atoms with Crippen LogP contribution in [-0.2, 0) is 6.54 Å². The highest BCUT2D eigenvalue weighted by Gasteiger charge is 2.18. The fourth-order valence-corrected chi connectivity index (χ4v) is 2.22. The molecule has 7 heteroatoms. The lowest BCUT2D eigenvalue weighted by atomic mass is 10.2. The molecule has 3 heterocycles. The summed E-state index contributed by atoms with van der Waals surface area (Å²) in [6.07, 6.45) is 3.68. The van der Waals surface area contributed by atoms with Crippen LogP contribution in [0.25, 0.3) is 11.2 Å². The van der Waals surface area contributed by atoms with Crippen LogP contribution in [0.4, 0.5) is 0 Å². The molecule has 0 unspecified atom stereocenters. The van der Waals surface area contributed by atoms with Crippen molar-refractivity contribution in [2.75, 3.05) is 0 Å². The fourth-order valence-electron chi connectivity index (χ4n) is 2.22. The van der Waals surface area contributed by atoms with Gasteiger partial charge < -0.3 is 14.2 Å². The van der Waals surface area contributed by atoms with Crippen molar-refractivity contribution in [2.24, 2.45) is 0 Å². The maximum Gasteiger partial charge on any atom is 0.421 e. The van der Waals surface area contributed by atoms with Crippen molar-refractivity contribution in [2.45, 2.75) is 25.9 Å². The molecule has 0 aliphatic carbocycles. The van der Waals surface area contributed by atoms with E-state index < -0.39 is 5.76 Å². The molecule has 22 heavy (non-hydrogen) atoms. The second-order valence-corrected chi connectivity index (χ2v) is 4.86. The molecule has 7 nitrogen and oxygen atoms in total. The number of carbonyl (C=O) groups excluding carboxylic acids is 1. The lowest BCUT2D eigenvalue weighted by Gasteiger charge is -2.16. The average molecular weight is 301 g/mol. The van der Waals surface area contributed by atoms with Crippen molar-refractivity contribution in [1.82, 2.24) is 14.9 Å².